The van der Waals surface area contributed by atoms with E-state index in [1.165, 1.54) is 19.3 Å². The lowest BCUT2D eigenvalue weighted by Gasteiger charge is -2.35. The molecule has 156 valence electrons. The number of hydrogen-bond acceptors (Lipinski definition) is 6. The topological polar surface area (TPSA) is 76.6 Å². The zero-order valence-corrected chi connectivity index (χ0v) is 17.5. The van der Waals surface area contributed by atoms with Crippen LogP contribution in [0, 0.1) is 0 Å². The Kier molecular flexibility index (Phi) is 7.27. The molecule has 29 heavy (non-hydrogen) atoms. The minimum atomic E-state index is -0.213. The Morgan fingerprint density at radius 2 is 2.00 bits per heavy atom. The van der Waals surface area contributed by atoms with Crippen molar-refractivity contribution in [1.82, 2.24) is 15.3 Å². The number of nitrogens with zero attached hydrogens (tertiary/aromatic N) is 3. The number of piperidine rings is 1. The summed E-state index contributed by atoms with van der Waals surface area (Å²) in [6.07, 6.45) is 8.71. The average Bonchev–Trinajstić information content (AvgIpc) is 2.78. The number of rotatable bonds is 8. The molecule has 0 spiro atoms. The van der Waals surface area contributed by atoms with E-state index in [1.54, 1.807) is 26.6 Å². The summed E-state index contributed by atoms with van der Waals surface area (Å²) in [6.45, 7) is 3.71. The Hall–Kier alpha value is -2.83. The second-order valence-corrected chi connectivity index (χ2v) is 7.21. The van der Waals surface area contributed by atoms with Crippen molar-refractivity contribution in [2.45, 2.75) is 45.1 Å². The molecule has 1 N–H and O–H groups in total. The van der Waals surface area contributed by atoms with Crippen molar-refractivity contribution < 1.29 is 14.3 Å². The first-order valence-electron chi connectivity index (χ1n) is 10.2. The van der Waals surface area contributed by atoms with Crippen LogP contribution in [0.5, 0.6) is 11.5 Å². The largest absolute Gasteiger partial charge is 0.493 e. The first-order chi connectivity index (χ1) is 14.2. The van der Waals surface area contributed by atoms with Gasteiger partial charge in [0.2, 0.25) is 0 Å². The molecule has 0 radical (unpaired) electrons. The molecule has 2 aromatic rings. The van der Waals surface area contributed by atoms with E-state index in [9.17, 15) is 4.79 Å². The first-order valence-corrected chi connectivity index (χ1v) is 10.2. The van der Waals surface area contributed by atoms with Gasteiger partial charge < -0.3 is 19.7 Å². The predicted octanol–water partition coefficient (Wildman–Crippen LogP) is 3.24. The fourth-order valence-electron chi connectivity index (χ4n) is 3.76. The summed E-state index contributed by atoms with van der Waals surface area (Å²) in [6, 6.07) is 6.26. The molecule has 1 aromatic heterocycles. The minimum Gasteiger partial charge on any atom is -0.493 e. The predicted molar refractivity (Wildman–Crippen MR) is 113 cm³/mol. The lowest BCUT2D eigenvalue weighted by Crippen LogP contribution is -2.39. The van der Waals surface area contributed by atoms with Gasteiger partial charge in [0.15, 0.2) is 11.5 Å². The van der Waals surface area contributed by atoms with Crippen molar-refractivity contribution in [3.8, 4) is 11.5 Å². The van der Waals surface area contributed by atoms with Gasteiger partial charge in [0.25, 0.3) is 5.91 Å². The number of ether oxygens (including phenoxy) is 2. The van der Waals surface area contributed by atoms with E-state index in [1.807, 2.05) is 18.2 Å². The second kappa shape index (κ2) is 10.1. The molecule has 2 heterocycles. The second-order valence-electron chi connectivity index (χ2n) is 7.21. The van der Waals surface area contributed by atoms with Crippen LogP contribution in [0.2, 0.25) is 0 Å². The molecular weight excluding hydrogens is 368 g/mol. The molecule has 1 aliphatic rings. The Balaban J connectivity index is 1.54. The van der Waals surface area contributed by atoms with Gasteiger partial charge in [-0.2, -0.15) is 0 Å². The summed E-state index contributed by atoms with van der Waals surface area (Å²) in [5, 5.41) is 2.91. The van der Waals surface area contributed by atoms with Gasteiger partial charge in [-0.25, -0.2) is 9.97 Å². The minimum absolute atomic E-state index is 0.213. The average molecular weight is 399 g/mol. The van der Waals surface area contributed by atoms with Crippen molar-refractivity contribution in [1.29, 1.82) is 0 Å². The normalized spacial score (nSPS) is 16.4. The highest BCUT2D eigenvalue weighted by atomic mass is 16.5. The first kappa shape index (κ1) is 20.9. The van der Waals surface area contributed by atoms with E-state index < -0.39 is 0 Å². The van der Waals surface area contributed by atoms with E-state index in [0.29, 0.717) is 36.2 Å². The molecule has 0 bridgehead atoms. The van der Waals surface area contributed by atoms with Crippen molar-refractivity contribution in [2.75, 3.05) is 32.2 Å². The van der Waals surface area contributed by atoms with Gasteiger partial charge in [-0.15, -0.1) is 0 Å². The van der Waals surface area contributed by atoms with Crippen LogP contribution in [0.1, 0.15) is 48.7 Å². The summed E-state index contributed by atoms with van der Waals surface area (Å²) in [4.78, 5) is 23.6. The molecule has 0 saturated carbocycles. The number of benzene rings is 1. The summed E-state index contributed by atoms with van der Waals surface area (Å²) < 4.78 is 10.6. The SMILES string of the molecule is CCC1CCCCN1c1cnc(C(=O)NCCc2ccc(OC)c(OC)c2)cn1. The third-order valence-corrected chi connectivity index (χ3v) is 5.41. The van der Waals surface area contributed by atoms with E-state index in [0.717, 1.165) is 24.3 Å². The molecular formula is C22H30N4O3. The summed E-state index contributed by atoms with van der Waals surface area (Å²) >= 11 is 0. The molecule has 1 aromatic carbocycles. The molecule has 1 aliphatic heterocycles. The quantitative estimate of drug-likeness (QED) is 0.736. The Morgan fingerprint density at radius 1 is 1.17 bits per heavy atom. The van der Waals surface area contributed by atoms with Crippen molar-refractivity contribution >= 4 is 11.7 Å². The van der Waals surface area contributed by atoms with Gasteiger partial charge in [0.05, 0.1) is 26.6 Å². The fourth-order valence-corrected chi connectivity index (χ4v) is 3.76. The molecule has 1 unspecified atom stereocenters. The maximum Gasteiger partial charge on any atom is 0.271 e. The Labute approximate surface area is 172 Å². The van der Waals surface area contributed by atoms with Crippen LogP contribution >= 0.6 is 0 Å². The van der Waals surface area contributed by atoms with Gasteiger partial charge in [0.1, 0.15) is 11.5 Å². The molecule has 0 aliphatic carbocycles. The van der Waals surface area contributed by atoms with Crippen molar-refractivity contribution in [2.24, 2.45) is 0 Å². The third kappa shape index (κ3) is 5.16. The highest BCUT2D eigenvalue weighted by Gasteiger charge is 2.22. The maximum atomic E-state index is 12.4. The van der Waals surface area contributed by atoms with Gasteiger partial charge in [-0.3, -0.25) is 4.79 Å². The lowest BCUT2D eigenvalue weighted by atomic mass is 10.0. The standard InChI is InChI=1S/C22H30N4O3/c1-4-17-7-5-6-12-26(17)21-15-24-18(14-25-21)22(27)23-11-10-16-8-9-19(28-2)20(13-16)29-3/h8-9,13-15,17H,4-7,10-12H2,1-3H3,(H,23,27). The van der Waals surface area contributed by atoms with Crippen LogP contribution in [-0.2, 0) is 6.42 Å². The summed E-state index contributed by atoms with van der Waals surface area (Å²) in [5.41, 5.74) is 1.39. The monoisotopic (exact) mass is 398 g/mol. The molecule has 1 saturated heterocycles. The van der Waals surface area contributed by atoms with Crippen molar-refractivity contribution in [3.05, 3.63) is 41.9 Å². The zero-order valence-electron chi connectivity index (χ0n) is 17.5. The van der Waals surface area contributed by atoms with Crippen LogP contribution in [0.25, 0.3) is 0 Å². The molecule has 1 atom stereocenters. The molecule has 1 amide bonds. The molecule has 7 nitrogen and oxygen atoms in total. The Morgan fingerprint density at radius 3 is 2.69 bits per heavy atom. The fraction of sp³-hybridized carbons (Fsp3) is 0.500. The summed E-state index contributed by atoms with van der Waals surface area (Å²) in [5.74, 6) is 2.02. The third-order valence-electron chi connectivity index (χ3n) is 5.41. The van der Waals surface area contributed by atoms with Crippen LogP contribution in [0.3, 0.4) is 0 Å². The van der Waals surface area contributed by atoms with E-state index in [2.05, 4.69) is 27.1 Å². The number of nitrogens with one attached hydrogen (secondary N) is 1. The van der Waals surface area contributed by atoms with Crippen LogP contribution in [0.15, 0.2) is 30.6 Å². The highest BCUT2D eigenvalue weighted by Crippen LogP contribution is 2.27. The number of hydrogen-bond donors (Lipinski definition) is 1. The van der Waals surface area contributed by atoms with Gasteiger partial charge in [0, 0.05) is 19.1 Å². The van der Waals surface area contributed by atoms with E-state index in [4.69, 9.17) is 9.47 Å². The van der Waals surface area contributed by atoms with Crippen LogP contribution in [-0.4, -0.2) is 49.2 Å². The van der Waals surface area contributed by atoms with E-state index >= 15 is 0 Å². The number of carbonyl (C=O) groups is 1. The Bertz CT molecular complexity index is 810. The van der Waals surface area contributed by atoms with Crippen LogP contribution < -0.4 is 19.7 Å². The molecule has 1 fully saturated rings. The maximum absolute atomic E-state index is 12.4. The smallest absolute Gasteiger partial charge is 0.271 e. The van der Waals surface area contributed by atoms with Gasteiger partial charge in [-0.05, 0) is 49.8 Å². The number of amides is 1. The lowest BCUT2D eigenvalue weighted by molar-refractivity contribution is 0.0949. The summed E-state index contributed by atoms with van der Waals surface area (Å²) in [7, 11) is 3.22. The molecule has 7 heteroatoms. The van der Waals surface area contributed by atoms with E-state index in [-0.39, 0.29) is 5.91 Å². The van der Waals surface area contributed by atoms with Crippen LogP contribution in [0.4, 0.5) is 5.82 Å². The number of anilines is 1. The molecule has 3 rings (SSSR count). The number of carbonyl (C=O) groups excluding carboxylic acids is 1. The van der Waals surface area contributed by atoms with Gasteiger partial charge in [-0.1, -0.05) is 13.0 Å². The van der Waals surface area contributed by atoms with Crippen molar-refractivity contribution in [3.63, 3.8) is 0 Å². The number of methoxy groups -OCH3 is 2. The zero-order chi connectivity index (χ0) is 20.6. The number of aromatic nitrogens is 2. The highest BCUT2D eigenvalue weighted by molar-refractivity contribution is 5.92. The van der Waals surface area contributed by atoms with Gasteiger partial charge >= 0.3 is 0 Å².